The lowest BCUT2D eigenvalue weighted by Gasteiger charge is -2.09. The minimum absolute atomic E-state index is 0.0513. The molecule has 1 N–H and O–H groups in total. The lowest BCUT2D eigenvalue weighted by molar-refractivity contribution is -0.143. The Morgan fingerprint density at radius 1 is 0.920 bits per heavy atom. The van der Waals surface area contributed by atoms with Crippen LogP contribution in [0.3, 0.4) is 0 Å². The highest BCUT2D eigenvalue weighted by atomic mass is 16.5. The van der Waals surface area contributed by atoms with Gasteiger partial charge in [-0.25, -0.2) is 0 Å². The van der Waals surface area contributed by atoms with Crippen molar-refractivity contribution in [3.8, 4) is 0 Å². The van der Waals surface area contributed by atoms with Crippen molar-refractivity contribution in [3.05, 3.63) is 29.8 Å². The van der Waals surface area contributed by atoms with Crippen LogP contribution < -0.4 is 5.32 Å². The van der Waals surface area contributed by atoms with E-state index >= 15 is 0 Å². The molecule has 0 fully saturated rings. The Hall–Kier alpha value is -1.84. The number of carbonyl (C=O) groups is 2. The number of unbranched alkanes of at least 4 members (excludes halogenated alkanes) is 5. The molecule has 1 aromatic carbocycles. The van der Waals surface area contributed by atoms with Gasteiger partial charge in [-0.2, -0.15) is 0 Å². The van der Waals surface area contributed by atoms with E-state index in [9.17, 15) is 9.59 Å². The van der Waals surface area contributed by atoms with Crippen LogP contribution >= 0.6 is 0 Å². The molecule has 0 spiro atoms. The first kappa shape index (κ1) is 21.2. The predicted molar refractivity (Wildman–Crippen MR) is 103 cm³/mol. The van der Waals surface area contributed by atoms with E-state index in [0.717, 1.165) is 30.5 Å². The van der Waals surface area contributed by atoms with Crippen LogP contribution in [0.4, 0.5) is 5.69 Å². The number of hydrogen-bond donors (Lipinski definition) is 1. The molecule has 0 aromatic heterocycles. The van der Waals surface area contributed by atoms with E-state index in [1.165, 1.54) is 25.7 Å². The smallest absolute Gasteiger partial charge is 0.305 e. The first-order chi connectivity index (χ1) is 12.2. The number of aryl methyl sites for hydroxylation is 1. The first-order valence-corrected chi connectivity index (χ1v) is 9.70. The van der Waals surface area contributed by atoms with E-state index in [1.807, 2.05) is 24.3 Å². The second-order valence-corrected chi connectivity index (χ2v) is 6.40. The van der Waals surface area contributed by atoms with Gasteiger partial charge in [0.2, 0.25) is 5.91 Å². The number of ether oxygens (including phenoxy) is 1. The topological polar surface area (TPSA) is 55.4 Å². The quantitative estimate of drug-likeness (QED) is 0.391. The molecule has 0 aliphatic rings. The molecule has 0 atom stereocenters. The van der Waals surface area contributed by atoms with Crippen molar-refractivity contribution in [2.45, 2.75) is 78.1 Å². The van der Waals surface area contributed by atoms with Crippen molar-refractivity contribution in [2.75, 3.05) is 11.9 Å². The van der Waals surface area contributed by atoms with E-state index in [4.69, 9.17) is 4.74 Å². The number of anilines is 1. The summed E-state index contributed by atoms with van der Waals surface area (Å²) in [5, 5.41) is 2.92. The summed E-state index contributed by atoms with van der Waals surface area (Å²) in [5.74, 6) is -0.250. The number of hydrogen-bond acceptors (Lipinski definition) is 3. The molecule has 0 saturated carbocycles. The third kappa shape index (κ3) is 9.90. The SMILES string of the molecule is CCCCCCCCOC(=O)CCCC(=O)Nc1ccccc1CC. The average molecular weight is 347 g/mol. The molecule has 1 amide bonds. The zero-order valence-electron chi connectivity index (χ0n) is 15.8. The van der Waals surface area contributed by atoms with Crippen LogP contribution in [-0.2, 0) is 20.7 Å². The molecule has 4 heteroatoms. The first-order valence-electron chi connectivity index (χ1n) is 9.70. The number of esters is 1. The maximum Gasteiger partial charge on any atom is 0.305 e. The van der Waals surface area contributed by atoms with Gasteiger partial charge in [0.25, 0.3) is 0 Å². The van der Waals surface area contributed by atoms with Gasteiger partial charge in [-0.3, -0.25) is 9.59 Å². The van der Waals surface area contributed by atoms with Gasteiger partial charge in [0.05, 0.1) is 6.61 Å². The summed E-state index contributed by atoms with van der Waals surface area (Å²) in [7, 11) is 0. The maximum atomic E-state index is 12.0. The number of nitrogens with one attached hydrogen (secondary N) is 1. The maximum absolute atomic E-state index is 12.0. The van der Waals surface area contributed by atoms with Crippen molar-refractivity contribution in [1.29, 1.82) is 0 Å². The largest absolute Gasteiger partial charge is 0.466 e. The summed E-state index contributed by atoms with van der Waals surface area (Å²) in [5.41, 5.74) is 1.98. The highest BCUT2D eigenvalue weighted by Crippen LogP contribution is 2.16. The molecule has 0 bridgehead atoms. The Labute approximate surface area is 152 Å². The number of carbonyl (C=O) groups excluding carboxylic acids is 2. The van der Waals surface area contributed by atoms with Gasteiger partial charge in [0.1, 0.15) is 0 Å². The van der Waals surface area contributed by atoms with Crippen molar-refractivity contribution in [2.24, 2.45) is 0 Å². The van der Waals surface area contributed by atoms with Crippen molar-refractivity contribution >= 4 is 17.6 Å². The third-order valence-corrected chi connectivity index (χ3v) is 4.22. The number of benzene rings is 1. The van der Waals surface area contributed by atoms with Crippen LogP contribution in [0.15, 0.2) is 24.3 Å². The number of para-hydroxylation sites is 1. The van der Waals surface area contributed by atoms with Gasteiger partial charge >= 0.3 is 5.97 Å². The lowest BCUT2D eigenvalue weighted by Crippen LogP contribution is -2.14. The Morgan fingerprint density at radius 3 is 2.40 bits per heavy atom. The molecule has 0 aliphatic carbocycles. The summed E-state index contributed by atoms with van der Waals surface area (Å²) in [6.45, 7) is 4.76. The molecule has 25 heavy (non-hydrogen) atoms. The standard InChI is InChI=1S/C21H33NO3/c1-3-5-6-7-8-11-17-25-21(24)16-12-15-20(23)22-19-14-10-9-13-18(19)4-2/h9-10,13-14H,3-8,11-12,15-17H2,1-2H3,(H,22,23). The average Bonchev–Trinajstić information content (AvgIpc) is 2.61. The number of amides is 1. The minimum Gasteiger partial charge on any atom is -0.466 e. The fourth-order valence-corrected chi connectivity index (χ4v) is 2.70. The molecule has 4 nitrogen and oxygen atoms in total. The molecule has 0 heterocycles. The normalized spacial score (nSPS) is 10.5. The summed E-state index contributed by atoms with van der Waals surface area (Å²) >= 11 is 0. The van der Waals surface area contributed by atoms with E-state index in [1.54, 1.807) is 0 Å². The van der Waals surface area contributed by atoms with Crippen molar-refractivity contribution in [1.82, 2.24) is 0 Å². The van der Waals surface area contributed by atoms with Gasteiger partial charge in [-0.05, 0) is 30.9 Å². The molecule has 0 unspecified atom stereocenters. The van der Waals surface area contributed by atoms with Gasteiger partial charge in [-0.1, -0.05) is 64.2 Å². The second kappa shape index (κ2) is 13.5. The molecular weight excluding hydrogens is 314 g/mol. The van der Waals surface area contributed by atoms with Crippen LogP contribution in [0.1, 0.15) is 77.2 Å². The summed E-state index contributed by atoms with van der Waals surface area (Å²) in [4.78, 5) is 23.6. The van der Waals surface area contributed by atoms with Crippen molar-refractivity contribution in [3.63, 3.8) is 0 Å². The van der Waals surface area contributed by atoms with Crippen LogP contribution in [0.25, 0.3) is 0 Å². The van der Waals surface area contributed by atoms with Crippen LogP contribution in [-0.4, -0.2) is 18.5 Å². The number of rotatable bonds is 13. The van der Waals surface area contributed by atoms with E-state index in [0.29, 0.717) is 25.9 Å². The fourth-order valence-electron chi connectivity index (χ4n) is 2.70. The molecule has 1 rings (SSSR count). The molecular formula is C21H33NO3. The van der Waals surface area contributed by atoms with E-state index in [2.05, 4.69) is 19.2 Å². The van der Waals surface area contributed by atoms with Crippen LogP contribution in [0.5, 0.6) is 0 Å². The zero-order valence-corrected chi connectivity index (χ0v) is 15.8. The Balaban J connectivity index is 2.09. The van der Waals surface area contributed by atoms with Crippen molar-refractivity contribution < 1.29 is 14.3 Å². The fraction of sp³-hybridized carbons (Fsp3) is 0.619. The van der Waals surface area contributed by atoms with Gasteiger partial charge in [-0.15, -0.1) is 0 Å². The predicted octanol–water partition coefficient (Wildman–Crippen LogP) is 5.26. The Kier molecular flexibility index (Phi) is 11.4. The van der Waals surface area contributed by atoms with Crippen LogP contribution in [0.2, 0.25) is 0 Å². The summed E-state index contributed by atoms with van der Waals surface area (Å²) in [6, 6.07) is 7.80. The van der Waals surface area contributed by atoms with E-state index in [-0.39, 0.29) is 11.9 Å². The third-order valence-electron chi connectivity index (χ3n) is 4.22. The molecule has 0 saturated heterocycles. The van der Waals surface area contributed by atoms with E-state index < -0.39 is 0 Å². The highest BCUT2D eigenvalue weighted by molar-refractivity contribution is 5.91. The monoisotopic (exact) mass is 347 g/mol. The van der Waals surface area contributed by atoms with Crippen LogP contribution in [0, 0.1) is 0 Å². The highest BCUT2D eigenvalue weighted by Gasteiger charge is 2.08. The molecule has 0 radical (unpaired) electrons. The summed E-state index contributed by atoms with van der Waals surface area (Å²) in [6.07, 6.45) is 9.10. The lowest BCUT2D eigenvalue weighted by atomic mass is 10.1. The molecule has 0 aliphatic heterocycles. The summed E-state index contributed by atoms with van der Waals surface area (Å²) < 4.78 is 5.21. The van der Waals surface area contributed by atoms with Gasteiger partial charge < -0.3 is 10.1 Å². The molecule has 140 valence electrons. The minimum atomic E-state index is -0.199. The molecule has 1 aromatic rings. The zero-order chi connectivity index (χ0) is 18.3. The Morgan fingerprint density at radius 2 is 1.64 bits per heavy atom. The van der Waals surface area contributed by atoms with Gasteiger partial charge in [0.15, 0.2) is 0 Å². The van der Waals surface area contributed by atoms with Gasteiger partial charge in [0, 0.05) is 18.5 Å². The Bertz CT molecular complexity index is 514. The second-order valence-electron chi connectivity index (χ2n) is 6.40.